The van der Waals surface area contributed by atoms with E-state index in [0.29, 0.717) is 11.8 Å². The van der Waals surface area contributed by atoms with E-state index in [1.807, 2.05) is 30.3 Å². The summed E-state index contributed by atoms with van der Waals surface area (Å²) in [5.74, 6) is 1.55. The van der Waals surface area contributed by atoms with E-state index in [2.05, 4.69) is 60.3 Å². The lowest BCUT2D eigenvalue weighted by Crippen LogP contribution is -2.62. The molecule has 0 radical (unpaired) electrons. The van der Waals surface area contributed by atoms with Crippen molar-refractivity contribution in [2.45, 2.75) is 64.3 Å². The third-order valence-corrected chi connectivity index (χ3v) is 6.27. The third kappa shape index (κ3) is 5.02. The van der Waals surface area contributed by atoms with Gasteiger partial charge in [0.1, 0.15) is 5.75 Å². The van der Waals surface area contributed by atoms with Gasteiger partial charge in [-0.25, -0.2) is 4.68 Å². The van der Waals surface area contributed by atoms with Gasteiger partial charge in [0.05, 0.1) is 31.3 Å². The van der Waals surface area contributed by atoms with Gasteiger partial charge < -0.3 is 20.1 Å². The standard InChI is InChI=1S/C25H34N6O2/c1-24(2)12-19(13-25(3,4)29-24)30(5)23-10-9-21(27-28-23)20-8-7-18(11-22(20)33-6)31-15-17(16-32)14-26-31/h7-11,14-15,19,29,32H,12-13,16H2,1-6H3. The van der Waals surface area contributed by atoms with Crippen molar-refractivity contribution >= 4 is 5.82 Å². The lowest BCUT2D eigenvalue weighted by Gasteiger charge is -2.49. The molecule has 1 aliphatic heterocycles. The first-order valence-corrected chi connectivity index (χ1v) is 11.3. The van der Waals surface area contributed by atoms with Gasteiger partial charge in [0.15, 0.2) is 5.82 Å². The van der Waals surface area contributed by atoms with Crippen molar-refractivity contribution in [2.24, 2.45) is 0 Å². The van der Waals surface area contributed by atoms with Crippen molar-refractivity contribution in [3.8, 4) is 22.7 Å². The summed E-state index contributed by atoms with van der Waals surface area (Å²) in [6.45, 7) is 8.99. The van der Waals surface area contributed by atoms with Gasteiger partial charge in [-0.2, -0.15) is 5.10 Å². The Kier molecular flexibility index (Phi) is 6.16. The zero-order valence-electron chi connectivity index (χ0n) is 20.3. The van der Waals surface area contributed by atoms with Gasteiger partial charge in [0.25, 0.3) is 0 Å². The van der Waals surface area contributed by atoms with Crippen molar-refractivity contribution in [3.05, 3.63) is 48.3 Å². The summed E-state index contributed by atoms with van der Waals surface area (Å²) < 4.78 is 7.35. The number of aliphatic hydroxyl groups excluding tert-OH is 1. The number of anilines is 1. The summed E-state index contributed by atoms with van der Waals surface area (Å²) in [4.78, 5) is 2.25. The molecule has 0 amide bonds. The number of nitrogens with zero attached hydrogens (tertiary/aromatic N) is 5. The highest BCUT2D eigenvalue weighted by Crippen LogP contribution is 2.34. The van der Waals surface area contributed by atoms with E-state index in [0.717, 1.165) is 41.2 Å². The van der Waals surface area contributed by atoms with Crippen LogP contribution >= 0.6 is 0 Å². The molecule has 0 aliphatic carbocycles. The predicted molar refractivity (Wildman–Crippen MR) is 130 cm³/mol. The van der Waals surface area contributed by atoms with Crippen LogP contribution in [0.5, 0.6) is 5.75 Å². The van der Waals surface area contributed by atoms with Gasteiger partial charge in [-0.3, -0.25) is 0 Å². The second-order valence-corrected chi connectivity index (χ2v) is 10.2. The van der Waals surface area contributed by atoms with Crippen LogP contribution in [0.25, 0.3) is 16.9 Å². The van der Waals surface area contributed by atoms with E-state index in [1.165, 1.54) is 0 Å². The maximum Gasteiger partial charge on any atom is 0.151 e. The average molecular weight is 451 g/mol. The van der Waals surface area contributed by atoms with Crippen molar-refractivity contribution < 1.29 is 9.84 Å². The molecule has 8 heteroatoms. The van der Waals surface area contributed by atoms with Gasteiger partial charge in [-0.15, -0.1) is 10.2 Å². The van der Waals surface area contributed by atoms with E-state index in [1.54, 1.807) is 24.2 Å². The molecule has 1 fully saturated rings. The Morgan fingerprint density at radius 1 is 1.12 bits per heavy atom. The Balaban J connectivity index is 1.56. The van der Waals surface area contributed by atoms with E-state index in [9.17, 15) is 5.11 Å². The first-order chi connectivity index (χ1) is 15.6. The number of methoxy groups -OCH3 is 1. The maximum atomic E-state index is 9.29. The molecule has 0 spiro atoms. The number of aliphatic hydroxyl groups is 1. The highest BCUT2D eigenvalue weighted by molar-refractivity contribution is 5.69. The molecule has 0 bridgehead atoms. The Morgan fingerprint density at radius 3 is 2.42 bits per heavy atom. The molecule has 0 saturated carbocycles. The van der Waals surface area contributed by atoms with Crippen LogP contribution in [-0.4, -0.2) is 56.4 Å². The van der Waals surface area contributed by atoms with Crippen LogP contribution in [0.15, 0.2) is 42.7 Å². The van der Waals surface area contributed by atoms with E-state index in [4.69, 9.17) is 4.74 Å². The fraction of sp³-hybridized carbons (Fsp3) is 0.480. The number of nitrogens with one attached hydrogen (secondary N) is 1. The second-order valence-electron chi connectivity index (χ2n) is 10.2. The number of rotatable bonds is 6. The lowest BCUT2D eigenvalue weighted by atomic mass is 9.79. The first-order valence-electron chi connectivity index (χ1n) is 11.3. The van der Waals surface area contributed by atoms with E-state index in [-0.39, 0.29) is 17.7 Å². The molecule has 1 saturated heterocycles. The molecular weight excluding hydrogens is 416 g/mol. The van der Waals surface area contributed by atoms with Crippen LogP contribution in [0.2, 0.25) is 0 Å². The highest BCUT2D eigenvalue weighted by atomic mass is 16.5. The topological polar surface area (TPSA) is 88.3 Å². The van der Waals surface area contributed by atoms with Crippen LogP contribution < -0.4 is 15.0 Å². The Labute approximate surface area is 195 Å². The number of piperidine rings is 1. The number of benzene rings is 1. The number of hydrogen-bond acceptors (Lipinski definition) is 7. The number of hydrogen-bond donors (Lipinski definition) is 2. The summed E-state index contributed by atoms with van der Waals surface area (Å²) in [7, 11) is 3.74. The minimum Gasteiger partial charge on any atom is -0.496 e. The summed E-state index contributed by atoms with van der Waals surface area (Å²) in [6.07, 6.45) is 5.52. The van der Waals surface area contributed by atoms with E-state index < -0.39 is 0 Å². The molecule has 176 valence electrons. The van der Waals surface area contributed by atoms with Gasteiger partial charge in [0, 0.05) is 47.6 Å². The van der Waals surface area contributed by atoms with Crippen molar-refractivity contribution in [3.63, 3.8) is 0 Å². The van der Waals surface area contributed by atoms with Gasteiger partial charge in [-0.05, 0) is 64.8 Å². The fourth-order valence-electron chi connectivity index (χ4n) is 5.00. The van der Waals surface area contributed by atoms with E-state index >= 15 is 0 Å². The summed E-state index contributed by atoms with van der Waals surface area (Å²) >= 11 is 0. The normalized spacial score (nSPS) is 17.7. The summed E-state index contributed by atoms with van der Waals surface area (Å²) in [5, 5.41) is 26.4. The minimum atomic E-state index is -0.0437. The average Bonchev–Trinajstić information content (AvgIpc) is 3.25. The molecule has 1 aromatic carbocycles. The summed E-state index contributed by atoms with van der Waals surface area (Å²) in [6, 6.07) is 10.2. The minimum absolute atomic E-state index is 0.0437. The molecule has 8 nitrogen and oxygen atoms in total. The number of ether oxygens (including phenoxy) is 1. The first kappa shape index (κ1) is 23.2. The zero-order valence-corrected chi connectivity index (χ0v) is 20.3. The molecule has 1 aliphatic rings. The Hall–Kier alpha value is -2.97. The molecule has 2 N–H and O–H groups in total. The van der Waals surface area contributed by atoms with Gasteiger partial charge in [0.2, 0.25) is 0 Å². The van der Waals surface area contributed by atoms with Gasteiger partial charge in [-0.1, -0.05) is 0 Å². The van der Waals surface area contributed by atoms with Crippen LogP contribution in [0.3, 0.4) is 0 Å². The molecule has 3 heterocycles. The Morgan fingerprint density at radius 2 is 1.85 bits per heavy atom. The largest absolute Gasteiger partial charge is 0.496 e. The SMILES string of the molecule is COc1cc(-n2cc(CO)cn2)ccc1-c1ccc(N(C)C2CC(C)(C)NC(C)(C)C2)nn1. The second kappa shape index (κ2) is 8.76. The molecule has 33 heavy (non-hydrogen) atoms. The van der Waals surface area contributed by atoms with Crippen molar-refractivity contribution in [1.29, 1.82) is 0 Å². The molecule has 4 rings (SSSR count). The van der Waals surface area contributed by atoms with Crippen molar-refractivity contribution in [2.75, 3.05) is 19.1 Å². The molecule has 0 unspecified atom stereocenters. The molecule has 2 aromatic heterocycles. The smallest absolute Gasteiger partial charge is 0.151 e. The maximum absolute atomic E-state index is 9.29. The third-order valence-electron chi connectivity index (χ3n) is 6.27. The van der Waals surface area contributed by atoms with Crippen LogP contribution in [0.1, 0.15) is 46.1 Å². The van der Waals surface area contributed by atoms with Crippen LogP contribution in [0.4, 0.5) is 5.82 Å². The fourth-order valence-corrected chi connectivity index (χ4v) is 5.00. The zero-order chi connectivity index (χ0) is 23.8. The van der Waals surface area contributed by atoms with Gasteiger partial charge >= 0.3 is 0 Å². The Bertz CT molecular complexity index is 1090. The summed E-state index contributed by atoms with van der Waals surface area (Å²) in [5.41, 5.74) is 3.34. The molecular formula is C25H34N6O2. The van der Waals surface area contributed by atoms with Crippen LogP contribution in [-0.2, 0) is 6.61 Å². The molecule has 3 aromatic rings. The quantitative estimate of drug-likeness (QED) is 0.593. The monoisotopic (exact) mass is 450 g/mol. The number of aromatic nitrogens is 4. The van der Waals surface area contributed by atoms with Crippen molar-refractivity contribution in [1.82, 2.24) is 25.3 Å². The molecule has 0 atom stereocenters. The predicted octanol–water partition coefficient (Wildman–Crippen LogP) is 3.58. The lowest BCUT2D eigenvalue weighted by molar-refractivity contribution is 0.160. The van der Waals surface area contributed by atoms with Crippen LogP contribution in [0, 0.1) is 0 Å². The highest BCUT2D eigenvalue weighted by Gasteiger charge is 2.39.